The molecule has 0 amide bonds. The van der Waals surface area contributed by atoms with Gasteiger partial charge in [0.05, 0.1) is 29.3 Å². The molecule has 5 rings (SSSR count). The Bertz CT molecular complexity index is 847. The highest BCUT2D eigenvalue weighted by Crippen LogP contribution is 2.42. The molecule has 1 aromatic carbocycles. The maximum Gasteiger partial charge on any atom is 0.213 e. The van der Waals surface area contributed by atoms with Gasteiger partial charge in [0.2, 0.25) is 5.88 Å². The van der Waals surface area contributed by atoms with E-state index in [1.807, 2.05) is 6.07 Å². The van der Waals surface area contributed by atoms with Crippen molar-refractivity contribution >= 4 is 38.4 Å². The van der Waals surface area contributed by atoms with Crippen LogP contribution >= 0.6 is 27.5 Å². The summed E-state index contributed by atoms with van der Waals surface area (Å²) in [5.41, 5.74) is 3.34. The van der Waals surface area contributed by atoms with Crippen molar-refractivity contribution in [2.45, 2.75) is 44.4 Å². The maximum atomic E-state index is 6.57. The molecule has 2 aromatic rings. The van der Waals surface area contributed by atoms with Gasteiger partial charge < -0.3 is 9.47 Å². The number of halogens is 2. The van der Waals surface area contributed by atoms with Crippen molar-refractivity contribution in [1.29, 1.82) is 0 Å². The second-order valence-electron chi connectivity index (χ2n) is 7.33. The number of hydrogen-bond donors (Lipinski definition) is 0. The largest absolute Gasteiger partial charge is 0.476 e. The van der Waals surface area contributed by atoms with E-state index in [1.54, 1.807) is 0 Å². The van der Waals surface area contributed by atoms with E-state index in [0.29, 0.717) is 24.1 Å². The molecule has 0 unspecified atom stereocenters. The Labute approximate surface area is 160 Å². The van der Waals surface area contributed by atoms with Gasteiger partial charge in [0.15, 0.2) is 0 Å². The molecule has 0 N–H and O–H groups in total. The average Bonchev–Trinajstić information content (AvgIpc) is 3.32. The molecule has 1 aromatic heterocycles. The van der Waals surface area contributed by atoms with Crippen LogP contribution in [0.2, 0.25) is 5.02 Å². The molecule has 0 atom stereocenters. The van der Waals surface area contributed by atoms with Gasteiger partial charge >= 0.3 is 0 Å². The highest BCUT2D eigenvalue weighted by Gasteiger charge is 2.44. The van der Waals surface area contributed by atoms with Gasteiger partial charge in [-0.25, -0.2) is 4.98 Å². The van der Waals surface area contributed by atoms with Crippen LogP contribution in [0.25, 0.3) is 10.9 Å². The number of hydrogen-bond acceptors (Lipinski definition) is 4. The number of benzene rings is 1. The molecule has 3 aliphatic rings. The third-order valence-electron chi connectivity index (χ3n) is 6.02. The molecule has 6 heteroatoms. The van der Waals surface area contributed by atoms with Crippen LogP contribution in [0.1, 0.15) is 36.8 Å². The molecule has 2 saturated heterocycles. The van der Waals surface area contributed by atoms with E-state index in [-0.39, 0.29) is 5.54 Å². The minimum Gasteiger partial charge on any atom is -0.476 e. The standard InChI is InChI=1S/C19H20BrClN2O2/c20-16-14-10-24-9-13(14)12-3-4-15(22-18(12)17(16)21)25-11-19-5-1-7-23(19)8-2-6-19/h3-4H,1-2,5-11H2. The highest BCUT2D eigenvalue weighted by atomic mass is 79.9. The summed E-state index contributed by atoms with van der Waals surface area (Å²) in [4.78, 5) is 7.33. The van der Waals surface area contributed by atoms with Gasteiger partial charge in [0.1, 0.15) is 6.61 Å². The Morgan fingerprint density at radius 2 is 1.96 bits per heavy atom. The second kappa shape index (κ2) is 6.08. The van der Waals surface area contributed by atoms with Crippen molar-refractivity contribution < 1.29 is 9.47 Å². The number of fused-ring (bicyclic) bond motifs is 4. The molecule has 0 saturated carbocycles. The second-order valence-corrected chi connectivity index (χ2v) is 8.50. The fourth-order valence-corrected chi connectivity index (χ4v) is 5.50. The Morgan fingerprint density at radius 3 is 2.76 bits per heavy atom. The Morgan fingerprint density at radius 1 is 1.20 bits per heavy atom. The van der Waals surface area contributed by atoms with Crippen molar-refractivity contribution in [3.63, 3.8) is 0 Å². The molecule has 3 aliphatic heterocycles. The number of pyridine rings is 1. The van der Waals surface area contributed by atoms with Crippen molar-refractivity contribution in [2.75, 3.05) is 19.7 Å². The van der Waals surface area contributed by atoms with E-state index in [4.69, 9.17) is 26.1 Å². The van der Waals surface area contributed by atoms with E-state index in [2.05, 4.69) is 26.9 Å². The summed E-state index contributed by atoms with van der Waals surface area (Å²) in [5, 5.41) is 1.71. The van der Waals surface area contributed by atoms with Crippen molar-refractivity contribution in [3.05, 3.63) is 32.8 Å². The number of rotatable bonds is 3. The molecular formula is C19H20BrClN2O2. The first-order chi connectivity index (χ1) is 12.2. The fourth-order valence-electron chi connectivity index (χ4n) is 4.70. The van der Waals surface area contributed by atoms with E-state index < -0.39 is 0 Å². The van der Waals surface area contributed by atoms with E-state index in [9.17, 15) is 0 Å². The minimum atomic E-state index is 0.229. The number of aromatic nitrogens is 1. The molecule has 25 heavy (non-hydrogen) atoms. The average molecular weight is 424 g/mol. The van der Waals surface area contributed by atoms with Crippen LogP contribution < -0.4 is 4.74 Å². The fraction of sp³-hybridized carbons (Fsp3) is 0.526. The van der Waals surface area contributed by atoms with E-state index in [0.717, 1.165) is 27.5 Å². The maximum absolute atomic E-state index is 6.57. The van der Waals surface area contributed by atoms with Crippen LogP contribution in [-0.2, 0) is 18.0 Å². The van der Waals surface area contributed by atoms with Crippen LogP contribution in [0.5, 0.6) is 5.88 Å². The monoisotopic (exact) mass is 422 g/mol. The SMILES string of the molecule is Clc1c(Br)c2c(c3ccc(OCC45CCCN4CCC5)nc13)COC2. The van der Waals surface area contributed by atoms with Gasteiger partial charge in [-0.3, -0.25) is 4.90 Å². The van der Waals surface area contributed by atoms with Gasteiger partial charge in [-0.1, -0.05) is 11.6 Å². The Kier molecular flexibility index (Phi) is 3.97. The number of nitrogens with zero attached hydrogens (tertiary/aromatic N) is 2. The third kappa shape index (κ3) is 2.51. The van der Waals surface area contributed by atoms with Gasteiger partial charge in [-0.05, 0) is 71.9 Å². The van der Waals surface area contributed by atoms with Crippen LogP contribution in [0.4, 0.5) is 0 Å². The highest BCUT2D eigenvalue weighted by molar-refractivity contribution is 9.10. The van der Waals surface area contributed by atoms with Gasteiger partial charge in [0.25, 0.3) is 0 Å². The van der Waals surface area contributed by atoms with Crippen molar-refractivity contribution in [1.82, 2.24) is 9.88 Å². The summed E-state index contributed by atoms with van der Waals surface area (Å²) in [6, 6.07) is 4.04. The molecular weight excluding hydrogens is 404 g/mol. The summed E-state index contributed by atoms with van der Waals surface area (Å²) >= 11 is 10.2. The summed E-state index contributed by atoms with van der Waals surface area (Å²) < 4.78 is 12.7. The summed E-state index contributed by atoms with van der Waals surface area (Å²) in [6.45, 7) is 4.35. The lowest BCUT2D eigenvalue weighted by Crippen LogP contribution is -2.43. The first-order valence-electron chi connectivity index (χ1n) is 8.93. The normalized spacial score (nSPS) is 21.7. The predicted molar refractivity (Wildman–Crippen MR) is 101 cm³/mol. The Hall–Kier alpha value is -0.880. The van der Waals surface area contributed by atoms with Crippen LogP contribution in [0.3, 0.4) is 0 Å². The zero-order chi connectivity index (χ0) is 17.0. The smallest absolute Gasteiger partial charge is 0.213 e. The molecule has 0 spiro atoms. The summed E-state index contributed by atoms with van der Waals surface area (Å²) in [7, 11) is 0. The first-order valence-corrected chi connectivity index (χ1v) is 10.1. The van der Waals surface area contributed by atoms with Crippen molar-refractivity contribution in [3.8, 4) is 5.88 Å². The predicted octanol–water partition coefficient (Wildman–Crippen LogP) is 4.69. The van der Waals surface area contributed by atoms with Gasteiger partial charge in [-0.2, -0.15) is 0 Å². The molecule has 4 heterocycles. The summed E-state index contributed by atoms with van der Waals surface area (Å²) in [6.07, 6.45) is 5.02. The molecule has 2 fully saturated rings. The van der Waals surface area contributed by atoms with Crippen LogP contribution in [-0.4, -0.2) is 35.1 Å². The zero-order valence-corrected chi connectivity index (χ0v) is 16.3. The third-order valence-corrected chi connectivity index (χ3v) is 7.49. The Balaban J connectivity index is 1.47. The minimum absolute atomic E-state index is 0.229. The summed E-state index contributed by atoms with van der Waals surface area (Å²) in [5.74, 6) is 0.660. The molecule has 0 bridgehead atoms. The molecule has 132 valence electrons. The zero-order valence-electron chi connectivity index (χ0n) is 14.0. The van der Waals surface area contributed by atoms with Crippen molar-refractivity contribution in [2.24, 2.45) is 0 Å². The van der Waals surface area contributed by atoms with Crippen LogP contribution in [0.15, 0.2) is 16.6 Å². The molecule has 4 nitrogen and oxygen atoms in total. The van der Waals surface area contributed by atoms with E-state index >= 15 is 0 Å². The number of ether oxygens (including phenoxy) is 2. The molecule has 0 aliphatic carbocycles. The first kappa shape index (κ1) is 16.3. The molecule has 0 radical (unpaired) electrons. The lowest BCUT2D eigenvalue weighted by atomic mass is 9.95. The lowest BCUT2D eigenvalue weighted by molar-refractivity contribution is 0.111. The quantitative estimate of drug-likeness (QED) is 0.717. The topological polar surface area (TPSA) is 34.6 Å². The lowest BCUT2D eigenvalue weighted by Gasteiger charge is -2.31. The van der Waals surface area contributed by atoms with Gasteiger partial charge in [-0.15, -0.1) is 0 Å². The van der Waals surface area contributed by atoms with Crippen LogP contribution in [0, 0.1) is 0 Å². The van der Waals surface area contributed by atoms with Gasteiger partial charge in [0, 0.05) is 15.9 Å². The van der Waals surface area contributed by atoms with E-state index in [1.165, 1.54) is 44.3 Å².